The van der Waals surface area contributed by atoms with Crippen molar-refractivity contribution in [3.63, 3.8) is 0 Å². The van der Waals surface area contributed by atoms with E-state index in [1.165, 1.54) is 19.1 Å². The van der Waals surface area contributed by atoms with Gasteiger partial charge in [-0.15, -0.1) is 0 Å². The zero-order chi connectivity index (χ0) is 20.5. The van der Waals surface area contributed by atoms with Gasteiger partial charge in [-0.3, -0.25) is 4.79 Å². The Bertz CT molecular complexity index is 803. The molecule has 0 aliphatic carbocycles. The fourth-order valence-electron chi connectivity index (χ4n) is 2.58. The van der Waals surface area contributed by atoms with Gasteiger partial charge < -0.3 is 23.8 Å². The van der Waals surface area contributed by atoms with Crippen LogP contribution in [0.1, 0.15) is 22.8 Å². The smallest absolute Gasteiger partial charge is 0.342 e. The summed E-state index contributed by atoms with van der Waals surface area (Å²) in [5.41, 5.74) is 1.14. The molecule has 2 aromatic carbocycles. The Morgan fingerprint density at radius 2 is 1.71 bits per heavy atom. The van der Waals surface area contributed by atoms with Crippen LogP contribution < -0.4 is 14.2 Å². The molecule has 0 unspecified atom stereocenters. The van der Waals surface area contributed by atoms with Crippen LogP contribution in [0.25, 0.3) is 0 Å². The van der Waals surface area contributed by atoms with Gasteiger partial charge in [-0.25, -0.2) is 4.79 Å². The number of rotatable bonds is 9. The van der Waals surface area contributed by atoms with Crippen LogP contribution in [0.2, 0.25) is 0 Å². The molecule has 0 N–H and O–H groups in total. The first-order valence-corrected chi connectivity index (χ1v) is 8.84. The van der Waals surface area contributed by atoms with E-state index in [-0.39, 0.29) is 23.8 Å². The normalized spacial score (nSPS) is 10.1. The molecule has 0 aromatic heterocycles. The third-order valence-electron chi connectivity index (χ3n) is 4.03. The van der Waals surface area contributed by atoms with Crippen molar-refractivity contribution < 1.29 is 28.5 Å². The molecule has 7 nitrogen and oxygen atoms in total. The summed E-state index contributed by atoms with van der Waals surface area (Å²) in [6.07, 6.45) is 0. The second-order valence-electron chi connectivity index (χ2n) is 5.94. The second-order valence-corrected chi connectivity index (χ2v) is 5.94. The van der Waals surface area contributed by atoms with Crippen LogP contribution in [-0.2, 0) is 16.1 Å². The van der Waals surface area contributed by atoms with Crippen molar-refractivity contribution in [1.82, 2.24) is 4.90 Å². The van der Waals surface area contributed by atoms with Crippen LogP contribution in [-0.4, -0.2) is 51.3 Å². The number of benzene rings is 2. The summed E-state index contributed by atoms with van der Waals surface area (Å²) in [7, 11) is 4.56. The number of methoxy groups -OCH3 is 2. The third kappa shape index (κ3) is 5.39. The standard InChI is InChI=1S/C21H25NO6/c1-5-27-16-11-9-15(10-12-16)13-22(2)19(23)14-28-21(24)17-7-6-8-18(25-3)20(17)26-4/h6-12H,5,13-14H2,1-4H3. The van der Waals surface area contributed by atoms with Crippen molar-refractivity contribution in [3.8, 4) is 17.2 Å². The van der Waals surface area contributed by atoms with Crippen LogP contribution in [0.5, 0.6) is 17.2 Å². The highest BCUT2D eigenvalue weighted by molar-refractivity contribution is 5.94. The Balaban J connectivity index is 1.93. The Morgan fingerprint density at radius 1 is 1.00 bits per heavy atom. The SMILES string of the molecule is CCOc1ccc(CN(C)C(=O)COC(=O)c2cccc(OC)c2OC)cc1. The highest BCUT2D eigenvalue weighted by Crippen LogP contribution is 2.31. The fraction of sp³-hybridized carbons (Fsp3) is 0.333. The maximum atomic E-state index is 12.3. The fourth-order valence-corrected chi connectivity index (χ4v) is 2.58. The predicted octanol–water partition coefficient (Wildman–Crippen LogP) is 2.92. The summed E-state index contributed by atoms with van der Waals surface area (Å²) in [5, 5.41) is 0. The van der Waals surface area contributed by atoms with E-state index in [9.17, 15) is 9.59 Å². The second kappa shape index (κ2) is 10.2. The van der Waals surface area contributed by atoms with E-state index in [1.807, 2.05) is 31.2 Å². The van der Waals surface area contributed by atoms with Crippen molar-refractivity contribution in [1.29, 1.82) is 0 Å². The Kier molecular flexibility index (Phi) is 7.68. The van der Waals surface area contributed by atoms with Crippen molar-refractivity contribution in [2.24, 2.45) is 0 Å². The van der Waals surface area contributed by atoms with Crippen molar-refractivity contribution in [3.05, 3.63) is 53.6 Å². The van der Waals surface area contributed by atoms with Gasteiger partial charge in [0.25, 0.3) is 5.91 Å². The summed E-state index contributed by atoms with van der Waals surface area (Å²) < 4.78 is 20.9. The minimum atomic E-state index is -0.654. The molecule has 150 valence electrons. The van der Waals surface area contributed by atoms with Gasteiger partial charge in [-0.05, 0) is 36.8 Å². The summed E-state index contributed by atoms with van der Waals surface area (Å²) in [6, 6.07) is 12.4. The quantitative estimate of drug-likeness (QED) is 0.616. The summed E-state index contributed by atoms with van der Waals surface area (Å²) in [5.74, 6) is 0.491. The van der Waals surface area contributed by atoms with Crippen molar-refractivity contribution >= 4 is 11.9 Å². The average Bonchev–Trinajstić information content (AvgIpc) is 2.72. The van der Waals surface area contributed by atoms with E-state index < -0.39 is 5.97 Å². The first-order chi connectivity index (χ1) is 13.5. The molecule has 28 heavy (non-hydrogen) atoms. The Hall–Kier alpha value is -3.22. The number of amides is 1. The van der Waals surface area contributed by atoms with Crippen LogP contribution >= 0.6 is 0 Å². The molecule has 1 amide bonds. The van der Waals surface area contributed by atoms with E-state index in [0.29, 0.717) is 18.9 Å². The first kappa shape index (κ1) is 21.1. The van der Waals surface area contributed by atoms with Gasteiger partial charge in [0.2, 0.25) is 0 Å². The third-order valence-corrected chi connectivity index (χ3v) is 4.03. The van der Waals surface area contributed by atoms with Crippen LogP contribution in [0, 0.1) is 0 Å². The van der Waals surface area contributed by atoms with E-state index in [2.05, 4.69) is 0 Å². The molecular formula is C21H25NO6. The largest absolute Gasteiger partial charge is 0.494 e. The molecule has 0 heterocycles. The van der Waals surface area contributed by atoms with Crippen LogP contribution in [0.15, 0.2) is 42.5 Å². The zero-order valence-corrected chi connectivity index (χ0v) is 16.6. The summed E-state index contributed by atoms with van der Waals surface area (Å²) >= 11 is 0. The van der Waals surface area contributed by atoms with Gasteiger partial charge >= 0.3 is 5.97 Å². The van der Waals surface area contributed by atoms with E-state index in [4.69, 9.17) is 18.9 Å². The number of carbonyl (C=O) groups excluding carboxylic acids is 2. The van der Waals surface area contributed by atoms with Gasteiger partial charge in [-0.1, -0.05) is 18.2 Å². The highest BCUT2D eigenvalue weighted by Gasteiger charge is 2.19. The monoisotopic (exact) mass is 387 g/mol. The lowest BCUT2D eigenvalue weighted by Gasteiger charge is -2.18. The van der Waals surface area contributed by atoms with Crippen molar-refractivity contribution in [2.45, 2.75) is 13.5 Å². The molecule has 0 radical (unpaired) electrons. The topological polar surface area (TPSA) is 74.3 Å². The number of para-hydroxylation sites is 1. The first-order valence-electron chi connectivity index (χ1n) is 8.84. The average molecular weight is 387 g/mol. The van der Waals surface area contributed by atoms with E-state index in [1.54, 1.807) is 25.2 Å². The van der Waals surface area contributed by atoms with Gasteiger partial charge in [-0.2, -0.15) is 0 Å². The number of carbonyl (C=O) groups is 2. The van der Waals surface area contributed by atoms with Gasteiger partial charge in [0.1, 0.15) is 11.3 Å². The molecule has 2 rings (SSSR count). The molecule has 0 spiro atoms. The Labute approximate surface area is 164 Å². The molecular weight excluding hydrogens is 362 g/mol. The number of hydrogen-bond acceptors (Lipinski definition) is 6. The predicted molar refractivity (Wildman–Crippen MR) is 104 cm³/mol. The lowest BCUT2D eigenvalue weighted by Crippen LogP contribution is -2.30. The highest BCUT2D eigenvalue weighted by atomic mass is 16.5. The van der Waals surface area contributed by atoms with E-state index in [0.717, 1.165) is 11.3 Å². The lowest BCUT2D eigenvalue weighted by atomic mass is 10.2. The minimum absolute atomic E-state index is 0.198. The lowest BCUT2D eigenvalue weighted by molar-refractivity contribution is -0.133. The van der Waals surface area contributed by atoms with Crippen LogP contribution in [0.3, 0.4) is 0 Å². The number of hydrogen-bond donors (Lipinski definition) is 0. The van der Waals surface area contributed by atoms with Crippen molar-refractivity contribution in [2.75, 3.05) is 34.5 Å². The summed E-state index contributed by atoms with van der Waals surface area (Å²) in [4.78, 5) is 26.1. The molecule has 0 bridgehead atoms. The van der Waals surface area contributed by atoms with E-state index >= 15 is 0 Å². The molecule has 0 saturated heterocycles. The maximum absolute atomic E-state index is 12.3. The molecule has 0 saturated carbocycles. The molecule has 0 aliphatic heterocycles. The van der Waals surface area contributed by atoms with Gasteiger partial charge in [0, 0.05) is 13.6 Å². The zero-order valence-electron chi connectivity index (χ0n) is 16.6. The molecule has 0 fully saturated rings. The summed E-state index contributed by atoms with van der Waals surface area (Å²) in [6.45, 7) is 2.54. The molecule has 0 aliphatic rings. The van der Waals surface area contributed by atoms with Gasteiger partial charge in [0.15, 0.2) is 18.1 Å². The number of esters is 1. The number of likely N-dealkylation sites (N-methyl/N-ethyl adjacent to an activating group) is 1. The molecule has 7 heteroatoms. The Morgan fingerprint density at radius 3 is 2.32 bits per heavy atom. The van der Waals surface area contributed by atoms with Crippen LogP contribution in [0.4, 0.5) is 0 Å². The maximum Gasteiger partial charge on any atom is 0.342 e. The number of ether oxygens (including phenoxy) is 4. The minimum Gasteiger partial charge on any atom is -0.494 e. The number of nitrogens with zero attached hydrogens (tertiary/aromatic N) is 1. The van der Waals surface area contributed by atoms with Gasteiger partial charge in [0.05, 0.1) is 20.8 Å². The molecule has 2 aromatic rings. The molecule has 0 atom stereocenters.